The van der Waals surface area contributed by atoms with Crippen LogP contribution in [0.2, 0.25) is 5.02 Å². The van der Waals surface area contributed by atoms with Crippen LogP contribution in [0.15, 0.2) is 77.3 Å². The molecule has 0 aliphatic heterocycles. The van der Waals surface area contributed by atoms with Gasteiger partial charge in [0.15, 0.2) is 0 Å². The lowest BCUT2D eigenvalue weighted by Gasteiger charge is -2.33. The lowest BCUT2D eigenvalue weighted by Crippen LogP contribution is -2.53. The first-order valence-electron chi connectivity index (χ1n) is 13.2. The first-order chi connectivity index (χ1) is 19.5. The van der Waals surface area contributed by atoms with Gasteiger partial charge in [-0.25, -0.2) is 8.42 Å². The van der Waals surface area contributed by atoms with Gasteiger partial charge in [0.25, 0.3) is 0 Å². The van der Waals surface area contributed by atoms with Crippen LogP contribution in [0.4, 0.5) is 5.69 Å². The second kappa shape index (κ2) is 15.2. The van der Waals surface area contributed by atoms with Crippen LogP contribution in [0.1, 0.15) is 30.9 Å². The van der Waals surface area contributed by atoms with Gasteiger partial charge < -0.3 is 15.0 Å². The van der Waals surface area contributed by atoms with Gasteiger partial charge in [-0.3, -0.25) is 13.9 Å². The molecule has 0 heterocycles. The summed E-state index contributed by atoms with van der Waals surface area (Å²) < 4.78 is 33.2. The fourth-order valence-corrected chi connectivity index (χ4v) is 5.80. The van der Waals surface area contributed by atoms with E-state index in [0.29, 0.717) is 6.54 Å². The number of benzene rings is 3. The molecule has 0 saturated heterocycles. The maximum atomic E-state index is 14.2. The van der Waals surface area contributed by atoms with Crippen molar-refractivity contribution < 1.29 is 22.7 Å². The van der Waals surface area contributed by atoms with Gasteiger partial charge in [0.05, 0.1) is 19.1 Å². The highest BCUT2D eigenvalue weighted by atomic mass is 79.9. The zero-order valence-corrected chi connectivity index (χ0v) is 26.5. The molecule has 0 aromatic heterocycles. The molecule has 2 amide bonds. The second-order valence-corrected chi connectivity index (χ2v) is 12.8. The molecule has 8 nitrogen and oxygen atoms in total. The zero-order valence-electron chi connectivity index (χ0n) is 23.3. The Morgan fingerprint density at radius 2 is 1.73 bits per heavy atom. The number of hydrogen-bond acceptors (Lipinski definition) is 5. The SMILES string of the molecule is CCCCNC(=O)C(Cc1ccccc1)N(Cc1cccc(Br)c1)C(=O)CN(c1cc(Cl)ccc1OC)S(C)(=O)=O. The number of ether oxygens (including phenoxy) is 1. The average Bonchev–Trinajstić information content (AvgIpc) is 2.93. The molecule has 3 aromatic rings. The maximum Gasteiger partial charge on any atom is 0.244 e. The molecule has 3 rings (SSSR count). The second-order valence-electron chi connectivity index (χ2n) is 9.59. The number of methoxy groups -OCH3 is 1. The monoisotopic (exact) mass is 663 g/mol. The molecule has 1 atom stereocenters. The van der Waals surface area contributed by atoms with E-state index in [1.165, 1.54) is 18.1 Å². The highest BCUT2D eigenvalue weighted by Gasteiger charge is 2.33. The molecule has 0 radical (unpaired) electrons. The van der Waals surface area contributed by atoms with E-state index in [1.807, 2.05) is 61.5 Å². The number of unbranched alkanes of at least 4 members (excludes halogenated alkanes) is 1. The van der Waals surface area contributed by atoms with E-state index in [1.54, 1.807) is 12.1 Å². The summed E-state index contributed by atoms with van der Waals surface area (Å²) in [7, 11) is -2.55. The lowest BCUT2D eigenvalue weighted by molar-refractivity contribution is -0.140. The number of amides is 2. The Bertz CT molecular complexity index is 1440. The molecular formula is C30H35BrClN3O5S. The fourth-order valence-electron chi connectivity index (χ4n) is 4.34. The molecule has 41 heavy (non-hydrogen) atoms. The minimum Gasteiger partial charge on any atom is -0.495 e. The summed E-state index contributed by atoms with van der Waals surface area (Å²) in [5.41, 5.74) is 1.77. The van der Waals surface area contributed by atoms with Crippen molar-refractivity contribution in [1.29, 1.82) is 0 Å². The first kappa shape index (κ1) is 32.4. The molecule has 1 unspecified atom stereocenters. The van der Waals surface area contributed by atoms with Crippen molar-refractivity contribution >= 4 is 55.1 Å². The van der Waals surface area contributed by atoms with Crippen LogP contribution in [0.3, 0.4) is 0 Å². The largest absolute Gasteiger partial charge is 0.495 e. The topological polar surface area (TPSA) is 96.0 Å². The number of rotatable bonds is 14. The minimum absolute atomic E-state index is 0.0846. The Labute approximate surface area is 255 Å². The van der Waals surface area contributed by atoms with Crippen LogP contribution in [0.25, 0.3) is 0 Å². The molecule has 11 heteroatoms. The van der Waals surface area contributed by atoms with Gasteiger partial charge in [0.1, 0.15) is 18.3 Å². The van der Waals surface area contributed by atoms with Crippen molar-refractivity contribution in [3.63, 3.8) is 0 Å². The Hall–Kier alpha value is -3.08. The third-order valence-electron chi connectivity index (χ3n) is 6.43. The molecule has 0 aliphatic carbocycles. The molecule has 0 bridgehead atoms. The van der Waals surface area contributed by atoms with Crippen molar-refractivity contribution in [2.24, 2.45) is 0 Å². The van der Waals surface area contributed by atoms with Crippen molar-refractivity contribution in [2.75, 3.05) is 30.8 Å². The molecule has 0 aliphatic rings. The normalized spacial score (nSPS) is 11.9. The van der Waals surface area contributed by atoms with E-state index in [-0.39, 0.29) is 35.3 Å². The third-order valence-corrected chi connectivity index (χ3v) is 8.29. The third kappa shape index (κ3) is 9.48. The molecule has 0 spiro atoms. The van der Waals surface area contributed by atoms with E-state index in [9.17, 15) is 18.0 Å². The number of carbonyl (C=O) groups is 2. The summed E-state index contributed by atoms with van der Waals surface area (Å²) in [5.74, 6) is -0.620. The molecule has 0 fully saturated rings. The average molecular weight is 665 g/mol. The number of anilines is 1. The van der Waals surface area contributed by atoms with Crippen LogP contribution in [0, 0.1) is 0 Å². The maximum absolute atomic E-state index is 14.2. The zero-order chi connectivity index (χ0) is 30.0. The number of halogens is 2. The highest BCUT2D eigenvalue weighted by molar-refractivity contribution is 9.10. The van der Waals surface area contributed by atoms with Crippen LogP contribution < -0.4 is 14.4 Å². The fraction of sp³-hybridized carbons (Fsp3) is 0.333. The Morgan fingerprint density at radius 3 is 2.37 bits per heavy atom. The van der Waals surface area contributed by atoms with Gasteiger partial charge in [-0.1, -0.05) is 83.3 Å². The number of hydrogen-bond donors (Lipinski definition) is 1. The summed E-state index contributed by atoms with van der Waals surface area (Å²) in [4.78, 5) is 29.3. The Kier molecular flexibility index (Phi) is 12.1. The van der Waals surface area contributed by atoms with Gasteiger partial charge in [0.2, 0.25) is 21.8 Å². The van der Waals surface area contributed by atoms with E-state index < -0.39 is 28.5 Å². The number of nitrogens with zero attached hydrogens (tertiary/aromatic N) is 2. The molecule has 0 saturated carbocycles. The van der Waals surface area contributed by atoms with Gasteiger partial charge in [0, 0.05) is 29.0 Å². The predicted molar refractivity (Wildman–Crippen MR) is 167 cm³/mol. The van der Waals surface area contributed by atoms with Crippen molar-refractivity contribution in [1.82, 2.24) is 10.2 Å². The minimum atomic E-state index is -3.96. The van der Waals surface area contributed by atoms with Gasteiger partial charge in [-0.15, -0.1) is 0 Å². The van der Waals surface area contributed by atoms with Crippen LogP contribution in [-0.4, -0.2) is 57.6 Å². The summed E-state index contributed by atoms with van der Waals surface area (Å²) in [6.07, 6.45) is 2.95. The number of nitrogens with one attached hydrogen (secondary N) is 1. The predicted octanol–water partition coefficient (Wildman–Crippen LogP) is 5.43. The van der Waals surface area contributed by atoms with Crippen LogP contribution in [0.5, 0.6) is 5.75 Å². The van der Waals surface area contributed by atoms with Crippen LogP contribution in [-0.2, 0) is 32.6 Å². The molecule has 3 aromatic carbocycles. The molecule has 1 N–H and O–H groups in total. The highest BCUT2D eigenvalue weighted by Crippen LogP contribution is 2.33. The van der Waals surface area contributed by atoms with Crippen molar-refractivity contribution in [2.45, 2.75) is 38.8 Å². The van der Waals surface area contributed by atoms with Crippen molar-refractivity contribution in [3.05, 3.63) is 93.4 Å². The molecular weight excluding hydrogens is 630 g/mol. The van der Waals surface area contributed by atoms with E-state index >= 15 is 0 Å². The first-order valence-corrected chi connectivity index (χ1v) is 16.2. The Morgan fingerprint density at radius 1 is 1.02 bits per heavy atom. The van der Waals surface area contributed by atoms with Crippen molar-refractivity contribution in [3.8, 4) is 5.75 Å². The van der Waals surface area contributed by atoms with Crippen LogP contribution >= 0.6 is 27.5 Å². The summed E-state index contributed by atoms with van der Waals surface area (Å²) in [6, 6.07) is 20.5. The number of sulfonamides is 1. The van der Waals surface area contributed by atoms with E-state index in [4.69, 9.17) is 16.3 Å². The van der Waals surface area contributed by atoms with Gasteiger partial charge in [-0.2, -0.15) is 0 Å². The molecule has 220 valence electrons. The van der Waals surface area contributed by atoms with Gasteiger partial charge >= 0.3 is 0 Å². The van der Waals surface area contributed by atoms with E-state index in [2.05, 4.69) is 21.2 Å². The number of carbonyl (C=O) groups excluding carboxylic acids is 2. The lowest BCUT2D eigenvalue weighted by atomic mass is 10.0. The summed E-state index contributed by atoms with van der Waals surface area (Å²) >= 11 is 9.68. The summed E-state index contributed by atoms with van der Waals surface area (Å²) in [6.45, 7) is 2.02. The van der Waals surface area contributed by atoms with Gasteiger partial charge in [-0.05, 0) is 47.9 Å². The summed E-state index contributed by atoms with van der Waals surface area (Å²) in [5, 5.41) is 3.25. The standard InChI is InChI=1S/C30H35BrClN3O5S/c1-4-5-16-33-30(37)27(18-22-10-7-6-8-11-22)34(20-23-12-9-13-24(31)17-23)29(36)21-35(41(3,38)39)26-19-25(32)14-15-28(26)40-2/h6-15,17,19,27H,4-5,16,18,20-21H2,1-3H3,(H,33,37). The smallest absolute Gasteiger partial charge is 0.244 e. The van der Waals surface area contributed by atoms with E-state index in [0.717, 1.165) is 39.0 Å². The quantitative estimate of drug-likeness (QED) is 0.232. The Balaban J connectivity index is 2.08.